The van der Waals surface area contributed by atoms with Crippen molar-refractivity contribution < 1.29 is 22.4 Å². The van der Waals surface area contributed by atoms with E-state index in [4.69, 9.17) is 0 Å². The molecule has 1 fully saturated rings. The Hall–Kier alpha value is -2.46. The normalized spacial score (nSPS) is 16.0. The van der Waals surface area contributed by atoms with Gasteiger partial charge in [-0.3, -0.25) is 9.89 Å². The molecule has 30 heavy (non-hydrogen) atoms. The van der Waals surface area contributed by atoms with Crippen LogP contribution < -0.4 is 5.32 Å². The molecule has 10 heteroatoms. The molecule has 0 atom stereocenters. The Morgan fingerprint density at radius 3 is 2.60 bits per heavy atom. The Labute approximate surface area is 172 Å². The number of aromatic amines is 1. The van der Waals surface area contributed by atoms with Gasteiger partial charge in [-0.2, -0.15) is 18.3 Å². The van der Waals surface area contributed by atoms with Crippen molar-refractivity contribution in [3.05, 3.63) is 53.1 Å². The molecular formula is C20H25F4N5O. The molecule has 6 nitrogen and oxygen atoms in total. The first kappa shape index (κ1) is 22.2. The summed E-state index contributed by atoms with van der Waals surface area (Å²) in [7, 11) is 1.92. The zero-order chi connectivity index (χ0) is 21.7. The van der Waals surface area contributed by atoms with E-state index in [1.54, 1.807) is 18.2 Å². The molecule has 2 N–H and O–H groups in total. The van der Waals surface area contributed by atoms with Gasteiger partial charge in [-0.25, -0.2) is 4.39 Å². The van der Waals surface area contributed by atoms with Crippen LogP contribution in [-0.4, -0.2) is 65.2 Å². The zero-order valence-corrected chi connectivity index (χ0v) is 16.7. The number of amides is 1. The van der Waals surface area contributed by atoms with Crippen LogP contribution in [0.2, 0.25) is 0 Å². The molecule has 0 unspecified atom stereocenters. The van der Waals surface area contributed by atoms with Crippen molar-refractivity contribution >= 4 is 5.91 Å². The monoisotopic (exact) mass is 427 g/mol. The molecular weight excluding hydrogens is 402 g/mol. The second-order valence-electron chi connectivity index (χ2n) is 7.39. The number of aromatic nitrogens is 2. The van der Waals surface area contributed by atoms with Gasteiger partial charge in [0.25, 0.3) is 5.91 Å². The number of alkyl halides is 3. The number of benzene rings is 1. The number of carbonyl (C=O) groups excluding carboxylic acids is 1. The summed E-state index contributed by atoms with van der Waals surface area (Å²) < 4.78 is 52.7. The van der Waals surface area contributed by atoms with Crippen molar-refractivity contribution in [1.82, 2.24) is 25.3 Å². The first-order chi connectivity index (χ1) is 14.3. The molecule has 2 aromatic rings. The van der Waals surface area contributed by atoms with E-state index in [9.17, 15) is 22.4 Å². The van der Waals surface area contributed by atoms with Crippen LogP contribution in [0.25, 0.3) is 0 Å². The maximum Gasteiger partial charge on any atom is 0.432 e. The first-order valence-electron chi connectivity index (χ1n) is 9.83. The molecule has 1 saturated heterocycles. The summed E-state index contributed by atoms with van der Waals surface area (Å²) >= 11 is 0. The van der Waals surface area contributed by atoms with Crippen molar-refractivity contribution in [3.63, 3.8) is 0 Å². The SMILES string of the molecule is CNC1CCN(CCN(Cc2ccccc2F)C(=O)c2cc(C(F)(F)F)[nH]n2)CC1. The summed E-state index contributed by atoms with van der Waals surface area (Å²) in [5.41, 5.74) is -1.13. The van der Waals surface area contributed by atoms with Crippen LogP contribution in [0.15, 0.2) is 30.3 Å². The van der Waals surface area contributed by atoms with Gasteiger partial charge in [-0.1, -0.05) is 18.2 Å². The van der Waals surface area contributed by atoms with E-state index in [1.165, 1.54) is 11.0 Å². The fourth-order valence-electron chi connectivity index (χ4n) is 3.53. The predicted molar refractivity (Wildman–Crippen MR) is 103 cm³/mol. The lowest BCUT2D eigenvalue weighted by Gasteiger charge is -2.33. The molecule has 1 aliphatic heterocycles. The fraction of sp³-hybridized carbons (Fsp3) is 0.500. The molecule has 1 amide bonds. The largest absolute Gasteiger partial charge is 0.432 e. The van der Waals surface area contributed by atoms with Gasteiger partial charge in [-0.15, -0.1) is 0 Å². The van der Waals surface area contributed by atoms with Gasteiger partial charge >= 0.3 is 6.18 Å². The van der Waals surface area contributed by atoms with E-state index in [1.807, 2.05) is 12.1 Å². The highest BCUT2D eigenvalue weighted by Crippen LogP contribution is 2.28. The summed E-state index contributed by atoms with van der Waals surface area (Å²) in [6, 6.07) is 7.19. The summed E-state index contributed by atoms with van der Waals surface area (Å²) in [5.74, 6) is -1.14. The number of rotatable bonds is 7. The molecule has 0 aliphatic carbocycles. The molecule has 0 bridgehead atoms. The molecule has 1 aromatic carbocycles. The minimum Gasteiger partial charge on any atom is -0.332 e. The number of likely N-dealkylation sites (tertiary alicyclic amines) is 1. The smallest absolute Gasteiger partial charge is 0.332 e. The van der Waals surface area contributed by atoms with Crippen molar-refractivity contribution in [3.8, 4) is 0 Å². The number of H-pyrrole nitrogens is 1. The highest BCUT2D eigenvalue weighted by atomic mass is 19.4. The minimum absolute atomic E-state index is 0.0489. The maximum atomic E-state index is 14.1. The topological polar surface area (TPSA) is 64.3 Å². The number of hydrogen-bond acceptors (Lipinski definition) is 4. The Bertz CT molecular complexity index is 846. The third-order valence-corrected chi connectivity index (χ3v) is 5.39. The van der Waals surface area contributed by atoms with Gasteiger partial charge in [0.05, 0.1) is 0 Å². The van der Waals surface area contributed by atoms with E-state index in [2.05, 4.69) is 15.3 Å². The van der Waals surface area contributed by atoms with Crippen molar-refractivity contribution in [1.29, 1.82) is 0 Å². The lowest BCUT2D eigenvalue weighted by molar-refractivity contribution is -0.141. The average Bonchev–Trinajstić information content (AvgIpc) is 3.23. The highest BCUT2D eigenvalue weighted by Gasteiger charge is 2.34. The second-order valence-corrected chi connectivity index (χ2v) is 7.39. The van der Waals surface area contributed by atoms with E-state index in [0.717, 1.165) is 25.9 Å². The molecule has 164 valence electrons. The third-order valence-electron chi connectivity index (χ3n) is 5.39. The molecule has 0 spiro atoms. The summed E-state index contributed by atoms with van der Waals surface area (Å²) in [5, 5.41) is 8.64. The predicted octanol–water partition coefficient (Wildman–Crippen LogP) is 2.89. The first-order valence-corrected chi connectivity index (χ1v) is 9.83. The Balaban J connectivity index is 1.73. The summed E-state index contributed by atoms with van der Waals surface area (Å²) in [4.78, 5) is 16.4. The van der Waals surface area contributed by atoms with Crippen LogP contribution in [0, 0.1) is 5.82 Å². The second kappa shape index (κ2) is 9.57. The van der Waals surface area contributed by atoms with Crippen molar-refractivity contribution in [2.24, 2.45) is 0 Å². The van der Waals surface area contributed by atoms with Gasteiger partial charge in [0, 0.05) is 37.3 Å². The lowest BCUT2D eigenvalue weighted by atomic mass is 10.1. The number of halogens is 4. The van der Waals surface area contributed by atoms with Crippen molar-refractivity contribution in [2.75, 3.05) is 33.2 Å². The Morgan fingerprint density at radius 1 is 1.30 bits per heavy atom. The summed E-state index contributed by atoms with van der Waals surface area (Å²) in [6.07, 6.45) is -2.67. The summed E-state index contributed by atoms with van der Waals surface area (Å²) in [6.45, 7) is 2.47. The van der Waals surface area contributed by atoms with E-state index in [0.29, 0.717) is 24.2 Å². The molecule has 3 rings (SSSR count). The van der Waals surface area contributed by atoms with Gasteiger partial charge in [0.15, 0.2) is 5.69 Å². The Kier molecular flexibility index (Phi) is 7.09. The molecule has 2 heterocycles. The number of nitrogens with zero attached hydrogens (tertiary/aromatic N) is 3. The molecule has 1 aromatic heterocycles. The lowest BCUT2D eigenvalue weighted by Crippen LogP contribution is -2.45. The van der Waals surface area contributed by atoms with E-state index >= 15 is 0 Å². The zero-order valence-electron chi connectivity index (χ0n) is 16.7. The van der Waals surface area contributed by atoms with Crippen LogP contribution in [0.3, 0.4) is 0 Å². The molecule has 1 aliphatic rings. The standard InChI is InChI=1S/C20H25F4N5O/c1-25-15-6-8-28(9-7-15)10-11-29(13-14-4-2-3-5-16(14)21)19(30)17-12-18(27-26-17)20(22,23)24/h2-5,12,15,25H,6-11,13H2,1H3,(H,26,27). The number of carbonyl (C=O) groups is 1. The van der Waals surface area contributed by atoms with Gasteiger partial charge in [0.1, 0.15) is 11.5 Å². The van der Waals surface area contributed by atoms with Gasteiger partial charge in [-0.05, 0) is 39.0 Å². The van der Waals surface area contributed by atoms with Crippen LogP contribution in [0.1, 0.15) is 34.6 Å². The molecule has 0 radical (unpaired) electrons. The van der Waals surface area contributed by atoms with Crippen LogP contribution in [0.5, 0.6) is 0 Å². The fourth-order valence-corrected chi connectivity index (χ4v) is 3.53. The number of piperidine rings is 1. The minimum atomic E-state index is -4.63. The van der Waals surface area contributed by atoms with Crippen molar-refractivity contribution in [2.45, 2.75) is 31.6 Å². The average molecular weight is 427 g/mol. The Morgan fingerprint density at radius 2 is 2.00 bits per heavy atom. The van der Waals surface area contributed by atoms with Crippen LogP contribution >= 0.6 is 0 Å². The maximum absolute atomic E-state index is 14.1. The highest BCUT2D eigenvalue weighted by molar-refractivity contribution is 5.92. The van der Waals surface area contributed by atoms with Gasteiger partial charge in [0.2, 0.25) is 0 Å². The number of nitrogens with one attached hydrogen (secondary N) is 2. The van der Waals surface area contributed by atoms with E-state index in [-0.39, 0.29) is 18.8 Å². The molecule has 0 saturated carbocycles. The van der Waals surface area contributed by atoms with Crippen LogP contribution in [-0.2, 0) is 12.7 Å². The quantitative estimate of drug-likeness (QED) is 0.667. The van der Waals surface area contributed by atoms with E-state index < -0.39 is 23.6 Å². The third kappa shape index (κ3) is 5.57. The van der Waals surface area contributed by atoms with Crippen LogP contribution in [0.4, 0.5) is 17.6 Å². The number of hydrogen-bond donors (Lipinski definition) is 2. The van der Waals surface area contributed by atoms with Gasteiger partial charge < -0.3 is 15.1 Å².